The predicted octanol–water partition coefficient (Wildman–Crippen LogP) is 1.60. The number of carboxylic acids is 1. The van der Waals surface area contributed by atoms with Crippen LogP contribution in [-0.4, -0.2) is 43.4 Å². The number of rotatable bonds is 9. The van der Waals surface area contributed by atoms with Crippen molar-refractivity contribution in [1.29, 1.82) is 0 Å². The van der Waals surface area contributed by atoms with Gasteiger partial charge < -0.3 is 20.5 Å². The zero-order valence-corrected chi connectivity index (χ0v) is 12.2. The van der Waals surface area contributed by atoms with Crippen LogP contribution in [-0.2, 0) is 9.53 Å². The smallest absolute Gasteiger partial charge is 0.314 e. The minimum absolute atomic E-state index is 0.0547. The number of carbonyl (C=O) groups excluding carboxylic acids is 1. The van der Waals surface area contributed by atoms with E-state index >= 15 is 0 Å². The van der Waals surface area contributed by atoms with Gasteiger partial charge in [0.15, 0.2) is 0 Å². The molecule has 0 bridgehead atoms. The molecule has 0 aromatic carbocycles. The summed E-state index contributed by atoms with van der Waals surface area (Å²) in [5.41, 5.74) is 0. The van der Waals surface area contributed by atoms with Gasteiger partial charge >= 0.3 is 12.0 Å². The Bertz CT molecular complexity index is 310. The number of carboxylic acid groups (broad SMARTS) is 1. The van der Waals surface area contributed by atoms with Crippen molar-refractivity contribution in [3.8, 4) is 0 Å². The highest BCUT2D eigenvalue weighted by molar-refractivity contribution is 5.74. The lowest BCUT2D eigenvalue weighted by atomic mass is 9.96. The van der Waals surface area contributed by atoms with Gasteiger partial charge in [0, 0.05) is 19.7 Å². The number of carbonyl (C=O) groups is 2. The molecule has 6 heteroatoms. The first-order valence-corrected chi connectivity index (χ1v) is 7.47. The van der Waals surface area contributed by atoms with Crippen LogP contribution in [0.3, 0.4) is 0 Å². The molecule has 0 aliphatic heterocycles. The van der Waals surface area contributed by atoms with Crippen molar-refractivity contribution >= 4 is 12.0 Å². The van der Waals surface area contributed by atoms with Gasteiger partial charge in [0.1, 0.15) is 0 Å². The SMILES string of the molecule is CCCCOCCNC(=O)NCC1CCCC1C(=O)O. The summed E-state index contributed by atoms with van der Waals surface area (Å²) >= 11 is 0. The van der Waals surface area contributed by atoms with E-state index in [2.05, 4.69) is 17.6 Å². The summed E-state index contributed by atoms with van der Waals surface area (Å²) in [5, 5.41) is 14.5. The van der Waals surface area contributed by atoms with Crippen molar-refractivity contribution in [2.45, 2.75) is 39.0 Å². The highest BCUT2D eigenvalue weighted by Crippen LogP contribution is 2.31. The molecule has 1 aliphatic carbocycles. The first kappa shape index (κ1) is 16.8. The fraction of sp³-hybridized carbons (Fsp3) is 0.857. The molecule has 1 aliphatic rings. The van der Waals surface area contributed by atoms with E-state index in [4.69, 9.17) is 9.84 Å². The lowest BCUT2D eigenvalue weighted by Gasteiger charge is -2.16. The van der Waals surface area contributed by atoms with E-state index < -0.39 is 5.97 Å². The monoisotopic (exact) mass is 286 g/mol. The highest BCUT2D eigenvalue weighted by Gasteiger charge is 2.32. The Kier molecular flexibility index (Phi) is 8.02. The van der Waals surface area contributed by atoms with Crippen molar-refractivity contribution in [2.75, 3.05) is 26.3 Å². The summed E-state index contributed by atoms with van der Waals surface area (Å²) in [4.78, 5) is 22.5. The van der Waals surface area contributed by atoms with Crippen molar-refractivity contribution in [2.24, 2.45) is 11.8 Å². The standard InChI is InChI=1S/C14H26N2O4/c1-2-3-8-20-9-7-15-14(19)16-10-11-5-4-6-12(11)13(17)18/h11-12H,2-10H2,1H3,(H,17,18)(H2,15,16,19). The highest BCUT2D eigenvalue weighted by atomic mass is 16.5. The van der Waals surface area contributed by atoms with E-state index in [-0.39, 0.29) is 17.9 Å². The molecule has 0 heterocycles. The van der Waals surface area contributed by atoms with Crippen LogP contribution in [0.25, 0.3) is 0 Å². The van der Waals surface area contributed by atoms with Crippen LogP contribution in [0.1, 0.15) is 39.0 Å². The quantitative estimate of drug-likeness (QED) is 0.562. The Morgan fingerprint density at radius 1 is 1.25 bits per heavy atom. The molecule has 2 unspecified atom stereocenters. The summed E-state index contributed by atoms with van der Waals surface area (Å²) in [7, 11) is 0. The van der Waals surface area contributed by atoms with E-state index in [0.717, 1.165) is 32.3 Å². The molecule has 0 aromatic rings. The molecule has 20 heavy (non-hydrogen) atoms. The third kappa shape index (κ3) is 6.23. The van der Waals surface area contributed by atoms with Gasteiger partial charge in [-0.25, -0.2) is 4.79 Å². The Hall–Kier alpha value is -1.30. The fourth-order valence-electron chi connectivity index (χ4n) is 2.48. The first-order valence-electron chi connectivity index (χ1n) is 7.47. The van der Waals surface area contributed by atoms with Gasteiger partial charge in [-0.05, 0) is 25.2 Å². The van der Waals surface area contributed by atoms with E-state index in [1.165, 1.54) is 0 Å². The Balaban J connectivity index is 2.06. The minimum Gasteiger partial charge on any atom is -0.481 e. The number of nitrogens with one attached hydrogen (secondary N) is 2. The van der Waals surface area contributed by atoms with E-state index in [1.54, 1.807) is 0 Å². The summed E-state index contributed by atoms with van der Waals surface area (Å²) in [5.74, 6) is -1.01. The number of aliphatic carboxylic acids is 1. The van der Waals surface area contributed by atoms with Crippen molar-refractivity contribution in [3.05, 3.63) is 0 Å². The van der Waals surface area contributed by atoms with Crippen molar-refractivity contribution in [3.63, 3.8) is 0 Å². The predicted molar refractivity (Wildman–Crippen MR) is 75.6 cm³/mol. The molecule has 0 aromatic heterocycles. The van der Waals surface area contributed by atoms with Gasteiger partial charge in [-0.1, -0.05) is 19.8 Å². The number of hydrogen-bond donors (Lipinski definition) is 3. The maximum atomic E-state index is 11.5. The Labute approximate surface area is 120 Å². The van der Waals surface area contributed by atoms with Crippen LogP contribution < -0.4 is 10.6 Å². The second kappa shape index (κ2) is 9.58. The molecule has 1 fully saturated rings. The number of urea groups is 1. The molecule has 0 saturated heterocycles. The number of amides is 2. The molecule has 2 amide bonds. The van der Waals surface area contributed by atoms with Crippen LogP contribution in [0.15, 0.2) is 0 Å². The average Bonchev–Trinajstić information content (AvgIpc) is 2.89. The van der Waals surface area contributed by atoms with Gasteiger partial charge in [0.25, 0.3) is 0 Å². The van der Waals surface area contributed by atoms with Crippen LogP contribution in [0.5, 0.6) is 0 Å². The van der Waals surface area contributed by atoms with Gasteiger partial charge in [0.05, 0.1) is 12.5 Å². The summed E-state index contributed by atoms with van der Waals surface area (Å²) < 4.78 is 5.33. The molecule has 1 saturated carbocycles. The molecule has 0 radical (unpaired) electrons. The molecule has 0 spiro atoms. The van der Waals surface area contributed by atoms with Gasteiger partial charge in [-0.3, -0.25) is 4.79 Å². The van der Waals surface area contributed by atoms with Crippen LogP contribution in [0.2, 0.25) is 0 Å². The summed E-state index contributed by atoms with van der Waals surface area (Å²) in [6.45, 7) is 4.24. The van der Waals surface area contributed by atoms with E-state index in [1.807, 2.05) is 0 Å². The third-order valence-corrected chi connectivity index (χ3v) is 3.68. The fourth-order valence-corrected chi connectivity index (χ4v) is 2.48. The minimum atomic E-state index is -0.751. The molecular formula is C14H26N2O4. The molecule has 1 rings (SSSR count). The molecule has 116 valence electrons. The van der Waals surface area contributed by atoms with Crippen molar-refractivity contribution < 1.29 is 19.4 Å². The first-order chi connectivity index (χ1) is 9.65. The molecule has 2 atom stereocenters. The zero-order chi connectivity index (χ0) is 14.8. The van der Waals surface area contributed by atoms with Crippen LogP contribution in [0.4, 0.5) is 4.79 Å². The van der Waals surface area contributed by atoms with E-state index in [0.29, 0.717) is 26.1 Å². The van der Waals surface area contributed by atoms with Gasteiger partial charge in [-0.15, -0.1) is 0 Å². The number of unbranched alkanes of at least 4 members (excludes halogenated alkanes) is 1. The Morgan fingerprint density at radius 3 is 2.75 bits per heavy atom. The Morgan fingerprint density at radius 2 is 2.05 bits per heavy atom. The average molecular weight is 286 g/mol. The number of hydrogen-bond acceptors (Lipinski definition) is 3. The molecular weight excluding hydrogens is 260 g/mol. The normalized spacial score (nSPS) is 21.6. The largest absolute Gasteiger partial charge is 0.481 e. The second-order valence-corrected chi connectivity index (χ2v) is 5.24. The lowest BCUT2D eigenvalue weighted by Crippen LogP contribution is -2.40. The van der Waals surface area contributed by atoms with Gasteiger partial charge in [0.2, 0.25) is 0 Å². The second-order valence-electron chi connectivity index (χ2n) is 5.24. The number of ether oxygens (including phenoxy) is 1. The zero-order valence-electron chi connectivity index (χ0n) is 12.2. The van der Waals surface area contributed by atoms with Crippen LogP contribution in [0, 0.1) is 11.8 Å². The maximum Gasteiger partial charge on any atom is 0.314 e. The van der Waals surface area contributed by atoms with Crippen LogP contribution >= 0.6 is 0 Å². The maximum absolute atomic E-state index is 11.5. The summed E-state index contributed by atoms with van der Waals surface area (Å²) in [6, 6.07) is -0.250. The van der Waals surface area contributed by atoms with Crippen molar-refractivity contribution in [1.82, 2.24) is 10.6 Å². The molecule has 6 nitrogen and oxygen atoms in total. The summed E-state index contributed by atoms with van der Waals surface area (Å²) in [6.07, 6.45) is 4.65. The molecule has 3 N–H and O–H groups in total. The lowest BCUT2D eigenvalue weighted by molar-refractivity contribution is -0.142. The topological polar surface area (TPSA) is 87.7 Å². The third-order valence-electron chi connectivity index (χ3n) is 3.68. The van der Waals surface area contributed by atoms with Gasteiger partial charge in [-0.2, -0.15) is 0 Å². The van der Waals surface area contributed by atoms with E-state index in [9.17, 15) is 9.59 Å².